The van der Waals surface area contributed by atoms with Crippen LogP contribution in [0.5, 0.6) is 5.75 Å². The molecule has 6 nitrogen and oxygen atoms in total. The van der Waals surface area contributed by atoms with Gasteiger partial charge in [-0.2, -0.15) is 0 Å². The molecular formula is C23H26N4O2. The number of nitrogens with zero attached hydrogens (tertiary/aromatic N) is 3. The van der Waals surface area contributed by atoms with Crippen LogP contribution in [-0.2, 0) is 6.54 Å². The average molecular weight is 390 g/mol. The monoisotopic (exact) mass is 390 g/mol. The van der Waals surface area contributed by atoms with Crippen LogP contribution in [0.15, 0.2) is 47.5 Å². The first-order valence-corrected chi connectivity index (χ1v) is 9.92. The van der Waals surface area contributed by atoms with Crippen LogP contribution < -0.4 is 10.3 Å². The maximum atomic E-state index is 12.2. The van der Waals surface area contributed by atoms with Gasteiger partial charge in [-0.3, -0.25) is 14.7 Å². The molecular weight excluding hydrogens is 364 g/mol. The van der Waals surface area contributed by atoms with Crippen molar-refractivity contribution in [1.82, 2.24) is 19.9 Å². The molecule has 1 aromatic carbocycles. The highest BCUT2D eigenvalue weighted by Crippen LogP contribution is 2.29. The van der Waals surface area contributed by atoms with Crippen molar-refractivity contribution in [3.05, 3.63) is 75.6 Å². The third kappa shape index (κ3) is 4.07. The minimum atomic E-state index is -0.117. The molecule has 0 radical (unpaired) electrons. The summed E-state index contributed by atoms with van der Waals surface area (Å²) in [4.78, 5) is 26.5. The molecule has 1 N–H and O–H groups in total. The maximum Gasteiger partial charge on any atom is 0.251 e. The largest absolute Gasteiger partial charge is 0.496 e. The van der Waals surface area contributed by atoms with Gasteiger partial charge in [-0.05, 0) is 61.7 Å². The predicted octanol–water partition coefficient (Wildman–Crippen LogP) is 3.45. The van der Waals surface area contributed by atoms with Gasteiger partial charge in [-0.15, -0.1) is 0 Å². The summed E-state index contributed by atoms with van der Waals surface area (Å²) < 4.78 is 5.42. The molecule has 3 heterocycles. The second kappa shape index (κ2) is 8.17. The van der Waals surface area contributed by atoms with Crippen LogP contribution in [0.25, 0.3) is 11.3 Å². The number of aromatic amines is 1. The molecule has 6 heteroatoms. The van der Waals surface area contributed by atoms with Gasteiger partial charge in [0.1, 0.15) is 11.6 Å². The van der Waals surface area contributed by atoms with Gasteiger partial charge >= 0.3 is 0 Å². The molecule has 1 aliphatic heterocycles. The zero-order valence-corrected chi connectivity index (χ0v) is 17.1. The lowest BCUT2D eigenvalue weighted by Crippen LogP contribution is -2.22. The summed E-state index contributed by atoms with van der Waals surface area (Å²) in [6.07, 6.45) is 4.43. The predicted molar refractivity (Wildman–Crippen MR) is 113 cm³/mol. The lowest BCUT2D eigenvalue weighted by molar-refractivity contribution is 0.324. The summed E-state index contributed by atoms with van der Waals surface area (Å²) >= 11 is 0. The van der Waals surface area contributed by atoms with E-state index >= 15 is 0 Å². The van der Waals surface area contributed by atoms with Crippen LogP contribution in [0.2, 0.25) is 0 Å². The number of hydrogen-bond acceptors (Lipinski definition) is 5. The molecule has 0 amide bonds. The lowest BCUT2D eigenvalue weighted by atomic mass is 10.0. The molecule has 150 valence electrons. The van der Waals surface area contributed by atoms with E-state index in [0.717, 1.165) is 43.2 Å². The molecule has 0 unspecified atom stereocenters. The standard InChI is InChI=1S/C23H26N4O2/c1-15-16(2)21(29-3)7-6-18(15)13-27-10-8-19(14-27)23-25-20(11-22(28)26-23)17-5-4-9-24-12-17/h4-7,9,11-12,19H,8,10,13-14H2,1-3H3,(H,25,26,28)/t19-/m1/s1. The molecule has 1 atom stereocenters. The summed E-state index contributed by atoms with van der Waals surface area (Å²) in [5.74, 6) is 1.92. The third-order valence-corrected chi connectivity index (χ3v) is 5.84. The van der Waals surface area contributed by atoms with Crippen molar-refractivity contribution in [1.29, 1.82) is 0 Å². The van der Waals surface area contributed by atoms with E-state index in [0.29, 0.717) is 5.69 Å². The molecule has 0 bridgehead atoms. The summed E-state index contributed by atoms with van der Waals surface area (Å²) in [5, 5.41) is 0. The molecule has 1 saturated heterocycles. The fourth-order valence-corrected chi connectivity index (χ4v) is 4.02. The fraction of sp³-hybridized carbons (Fsp3) is 0.348. The number of likely N-dealkylation sites (tertiary alicyclic amines) is 1. The second-order valence-corrected chi connectivity index (χ2v) is 7.66. The fourth-order valence-electron chi connectivity index (χ4n) is 4.02. The van der Waals surface area contributed by atoms with Crippen LogP contribution in [0.4, 0.5) is 0 Å². The van der Waals surface area contributed by atoms with E-state index in [1.54, 1.807) is 19.5 Å². The van der Waals surface area contributed by atoms with Crippen molar-refractivity contribution in [3.8, 4) is 17.0 Å². The van der Waals surface area contributed by atoms with Gasteiger partial charge in [0.25, 0.3) is 5.56 Å². The lowest BCUT2D eigenvalue weighted by Gasteiger charge is -2.19. The molecule has 1 aliphatic rings. The van der Waals surface area contributed by atoms with Gasteiger partial charge in [0.05, 0.1) is 12.8 Å². The number of ether oxygens (including phenoxy) is 1. The first-order chi connectivity index (χ1) is 14.0. The minimum Gasteiger partial charge on any atom is -0.496 e. The van der Waals surface area contributed by atoms with Gasteiger partial charge < -0.3 is 9.72 Å². The number of pyridine rings is 1. The van der Waals surface area contributed by atoms with Gasteiger partial charge in [-0.1, -0.05) is 6.07 Å². The summed E-state index contributed by atoms with van der Waals surface area (Å²) in [7, 11) is 1.71. The van der Waals surface area contributed by atoms with Gasteiger partial charge in [0, 0.05) is 43.0 Å². The summed E-state index contributed by atoms with van der Waals surface area (Å²) in [5.41, 5.74) is 5.20. The molecule has 3 aromatic rings. The first-order valence-electron chi connectivity index (χ1n) is 9.92. The van der Waals surface area contributed by atoms with Crippen molar-refractivity contribution in [2.45, 2.75) is 32.7 Å². The van der Waals surface area contributed by atoms with E-state index in [1.807, 2.05) is 18.2 Å². The van der Waals surface area contributed by atoms with E-state index in [9.17, 15) is 4.79 Å². The average Bonchev–Trinajstić information content (AvgIpc) is 3.20. The minimum absolute atomic E-state index is 0.117. The van der Waals surface area contributed by atoms with E-state index in [-0.39, 0.29) is 11.5 Å². The molecule has 0 aliphatic carbocycles. The molecule has 0 saturated carbocycles. The van der Waals surface area contributed by atoms with Gasteiger partial charge in [0.2, 0.25) is 0 Å². The Morgan fingerprint density at radius 3 is 2.86 bits per heavy atom. The Bertz CT molecular complexity index is 1060. The van der Waals surface area contributed by atoms with Gasteiger partial charge in [-0.25, -0.2) is 4.98 Å². The Morgan fingerprint density at radius 2 is 2.10 bits per heavy atom. The Balaban J connectivity index is 1.51. The smallest absolute Gasteiger partial charge is 0.251 e. The SMILES string of the molecule is COc1ccc(CN2CC[C@@H](c3nc(-c4cccnc4)cc(=O)[nH]3)C2)c(C)c1C. The second-order valence-electron chi connectivity index (χ2n) is 7.66. The number of methoxy groups -OCH3 is 1. The summed E-state index contributed by atoms with van der Waals surface area (Å²) in [6.45, 7) is 7.00. The quantitative estimate of drug-likeness (QED) is 0.723. The number of benzene rings is 1. The van der Waals surface area contributed by atoms with Gasteiger partial charge in [0.15, 0.2) is 0 Å². The molecule has 1 fully saturated rings. The first kappa shape index (κ1) is 19.3. The Labute approximate surface area is 170 Å². The van der Waals surface area contributed by atoms with E-state index < -0.39 is 0 Å². The van der Waals surface area contributed by atoms with E-state index in [2.05, 4.69) is 34.8 Å². The highest BCUT2D eigenvalue weighted by molar-refractivity contribution is 5.57. The Morgan fingerprint density at radius 1 is 1.24 bits per heavy atom. The molecule has 0 spiro atoms. The van der Waals surface area contributed by atoms with Crippen LogP contribution in [0, 0.1) is 13.8 Å². The van der Waals surface area contributed by atoms with Crippen molar-refractivity contribution in [3.63, 3.8) is 0 Å². The van der Waals surface area contributed by atoms with Crippen LogP contribution >= 0.6 is 0 Å². The zero-order valence-electron chi connectivity index (χ0n) is 17.1. The highest BCUT2D eigenvalue weighted by Gasteiger charge is 2.26. The number of H-pyrrole nitrogens is 1. The van der Waals surface area contributed by atoms with E-state index in [1.165, 1.54) is 22.8 Å². The number of aromatic nitrogens is 3. The van der Waals surface area contributed by atoms with E-state index in [4.69, 9.17) is 9.72 Å². The maximum absolute atomic E-state index is 12.2. The van der Waals surface area contributed by atoms with Crippen molar-refractivity contribution < 1.29 is 4.74 Å². The highest BCUT2D eigenvalue weighted by atomic mass is 16.5. The van der Waals surface area contributed by atoms with Crippen LogP contribution in [0.1, 0.15) is 34.9 Å². The normalized spacial score (nSPS) is 16.9. The zero-order chi connectivity index (χ0) is 20.4. The molecule has 29 heavy (non-hydrogen) atoms. The van der Waals surface area contributed by atoms with Crippen molar-refractivity contribution in [2.24, 2.45) is 0 Å². The van der Waals surface area contributed by atoms with Crippen LogP contribution in [-0.4, -0.2) is 40.1 Å². The molecule has 4 rings (SSSR count). The summed E-state index contributed by atoms with van der Waals surface area (Å²) in [6, 6.07) is 9.51. The molecule has 2 aromatic heterocycles. The number of rotatable bonds is 5. The Hall–Kier alpha value is -2.99. The Kier molecular flexibility index (Phi) is 5.45. The van der Waals surface area contributed by atoms with Crippen LogP contribution in [0.3, 0.4) is 0 Å². The topological polar surface area (TPSA) is 71.1 Å². The number of hydrogen-bond donors (Lipinski definition) is 1. The number of nitrogens with one attached hydrogen (secondary N) is 1. The van der Waals surface area contributed by atoms with Crippen molar-refractivity contribution >= 4 is 0 Å². The van der Waals surface area contributed by atoms with Crippen molar-refractivity contribution in [2.75, 3.05) is 20.2 Å². The third-order valence-electron chi connectivity index (χ3n) is 5.84.